The number of aromatic nitrogens is 2. The molecule has 2 bridgehead atoms. The number of nitrogens with zero attached hydrogens (tertiary/aromatic N) is 6. The first-order chi connectivity index (χ1) is 22.6. The number of fused-ring (bicyclic) bond motifs is 4. The predicted molar refractivity (Wildman–Crippen MR) is 182 cm³/mol. The molecule has 2 aromatic rings. The molecule has 0 spiro atoms. The summed E-state index contributed by atoms with van der Waals surface area (Å²) in [7, 11) is 0. The van der Waals surface area contributed by atoms with E-state index in [9.17, 15) is 9.90 Å². The predicted octanol–water partition coefficient (Wildman–Crippen LogP) is 5.53. The third-order valence-electron chi connectivity index (χ3n) is 11.5. The molecule has 1 N–H and O–H groups in total. The van der Waals surface area contributed by atoms with Crippen molar-refractivity contribution in [2.75, 3.05) is 49.2 Å². The average Bonchev–Trinajstić information content (AvgIpc) is 3.61. The van der Waals surface area contributed by atoms with Gasteiger partial charge in [-0.3, -0.25) is 9.80 Å². The summed E-state index contributed by atoms with van der Waals surface area (Å²) in [5.41, 5.74) is 4.12. The van der Waals surface area contributed by atoms with E-state index >= 15 is 0 Å². The molecule has 4 atom stereocenters. The zero-order valence-corrected chi connectivity index (χ0v) is 28.8. The molecule has 10 nitrogen and oxygen atoms in total. The first-order valence-electron chi connectivity index (χ1n) is 17.8. The van der Waals surface area contributed by atoms with E-state index in [1.807, 2.05) is 31.7 Å². The number of aliphatic hydroxyl groups is 1. The summed E-state index contributed by atoms with van der Waals surface area (Å²) in [5.74, 6) is 1.50. The van der Waals surface area contributed by atoms with Gasteiger partial charge in [-0.25, -0.2) is 4.79 Å². The molecule has 6 heterocycles. The van der Waals surface area contributed by atoms with Crippen molar-refractivity contribution >= 4 is 29.2 Å². The van der Waals surface area contributed by atoms with Gasteiger partial charge in [0.15, 0.2) is 0 Å². The summed E-state index contributed by atoms with van der Waals surface area (Å²) >= 11 is 6.77. The smallest absolute Gasteiger partial charge is 0.410 e. The Balaban J connectivity index is 1.10. The third-order valence-corrected chi connectivity index (χ3v) is 11.8. The van der Waals surface area contributed by atoms with Crippen LogP contribution in [0.5, 0.6) is 6.01 Å². The molecule has 1 aliphatic carbocycles. The van der Waals surface area contributed by atoms with Crippen LogP contribution < -0.4 is 14.5 Å². The van der Waals surface area contributed by atoms with Gasteiger partial charge in [0.2, 0.25) is 0 Å². The van der Waals surface area contributed by atoms with Crippen LogP contribution >= 0.6 is 11.6 Å². The molecule has 0 radical (unpaired) electrons. The molecule has 1 aromatic heterocycles. The van der Waals surface area contributed by atoms with Gasteiger partial charge in [-0.15, -0.1) is 0 Å². The van der Waals surface area contributed by atoms with Crippen molar-refractivity contribution in [2.24, 2.45) is 0 Å². The molecular formula is C36H49ClN6O4. The molecule has 11 heteroatoms. The lowest BCUT2D eigenvalue weighted by Crippen LogP contribution is -2.57. The van der Waals surface area contributed by atoms with E-state index in [0.717, 1.165) is 87.7 Å². The standard InChI is InChI=1S/C36H49ClN6O4/c1-35(2,3)47-34(45)43-24-10-11-25(43)19-41(18-24)32-27-13-17-40(30-7-4-6-28(37)31(30)23-8-9-23)20-29(27)38-33(39-32)46-22-36-14-5-16-42(36)26(21-44)12-15-36/h4,6-7,23-26,44H,5,8-22H2,1-3H3/t24-,25+,26-,36-/m1/s1. The first kappa shape index (κ1) is 31.4. The largest absolute Gasteiger partial charge is 0.461 e. The van der Waals surface area contributed by atoms with Crippen LogP contribution in [-0.2, 0) is 17.7 Å². The second-order valence-corrected chi connectivity index (χ2v) is 16.1. The van der Waals surface area contributed by atoms with Crippen LogP contribution in [0.3, 0.4) is 0 Å². The third kappa shape index (κ3) is 5.82. The lowest BCUT2D eigenvalue weighted by molar-refractivity contribution is 0.0122. The van der Waals surface area contributed by atoms with Crippen molar-refractivity contribution in [1.82, 2.24) is 19.8 Å². The maximum absolute atomic E-state index is 13.2. The number of benzene rings is 1. The maximum atomic E-state index is 13.2. The normalized spacial score (nSPS) is 28.9. The van der Waals surface area contributed by atoms with E-state index in [1.165, 1.54) is 29.7 Å². The number of anilines is 2. The molecule has 1 amide bonds. The minimum absolute atomic E-state index is 0.0586. The lowest BCUT2D eigenvalue weighted by Gasteiger charge is -2.43. The minimum atomic E-state index is -0.523. The molecule has 8 rings (SSSR count). The van der Waals surface area contributed by atoms with E-state index in [-0.39, 0.29) is 36.4 Å². The number of aliphatic hydroxyl groups excluding tert-OH is 1. The lowest BCUT2D eigenvalue weighted by atomic mass is 9.95. The SMILES string of the molecule is CC(C)(C)OC(=O)N1[C@@H]2CC[C@H]1CN(c1nc(OC[C@]34CCCN3[C@@H](CO)CC4)nc3c1CCN(c1cccc(Cl)c1C1CC1)C3)C2. The monoisotopic (exact) mass is 664 g/mol. The fraction of sp³-hybridized carbons (Fsp3) is 0.694. The molecular weight excluding hydrogens is 616 g/mol. The molecule has 1 saturated carbocycles. The molecule has 4 saturated heterocycles. The van der Waals surface area contributed by atoms with Crippen molar-refractivity contribution in [3.05, 3.63) is 40.0 Å². The van der Waals surface area contributed by atoms with Crippen LogP contribution in [0.25, 0.3) is 0 Å². The fourth-order valence-electron chi connectivity index (χ4n) is 9.19. The Morgan fingerprint density at radius 1 is 1.04 bits per heavy atom. The Morgan fingerprint density at radius 3 is 2.55 bits per heavy atom. The van der Waals surface area contributed by atoms with E-state index < -0.39 is 5.60 Å². The molecule has 5 fully saturated rings. The van der Waals surface area contributed by atoms with Crippen LogP contribution in [0.1, 0.15) is 94.9 Å². The van der Waals surface area contributed by atoms with E-state index in [1.54, 1.807) is 0 Å². The van der Waals surface area contributed by atoms with E-state index in [4.69, 9.17) is 31.0 Å². The second-order valence-electron chi connectivity index (χ2n) is 15.7. The van der Waals surface area contributed by atoms with Crippen LogP contribution in [0, 0.1) is 0 Å². The van der Waals surface area contributed by atoms with Gasteiger partial charge < -0.3 is 24.4 Å². The van der Waals surface area contributed by atoms with Crippen molar-refractivity contribution in [3.63, 3.8) is 0 Å². The Kier molecular flexibility index (Phi) is 8.00. The molecule has 6 aliphatic rings. The van der Waals surface area contributed by atoms with Gasteiger partial charge in [-0.05, 0) is 109 Å². The van der Waals surface area contributed by atoms with Crippen LogP contribution in [0.15, 0.2) is 18.2 Å². The second kappa shape index (κ2) is 11.9. The summed E-state index contributed by atoms with van der Waals surface area (Å²) in [4.78, 5) is 32.8. The highest BCUT2D eigenvalue weighted by Crippen LogP contribution is 2.49. The Hall–Kier alpha value is -2.82. The van der Waals surface area contributed by atoms with Crippen molar-refractivity contribution in [2.45, 2.75) is 120 Å². The van der Waals surface area contributed by atoms with Crippen molar-refractivity contribution in [1.29, 1.82) is 0 Å². The molecule has 5 aliphatic heterocycles. The van der Waals surface area contributed by atoms with E-state index in [0.29, 0.717) is 25.1 Å². The molecule has 1 aromatic carbocycles. The number of piperazine rings is 1. The van der Waals surface area contributed by atoms with Crippen LogP contribution in [0.2, 0.25) is 5.02 Å². The summed E-state index contributed by atoms with van der Waals surface area (Å²) in [6.45, 7) is 10.5. The fourth-order valence-corrected chi connectivity index (χ4v) is 9.52. The number of hydrogen-bond acceptors (Lipinski definition) is 9. The van der Waals surface area contributed by atoms with Crippen LogP contribution in [-0.4, -0.2) is 99.6 Å². The maximum Gasteiger partial charge on any atom is 0.410 e. The number of carbonyl (C=O) groups excluding carboxylic acids is 1. The highest BCUT2D eigenvalue weighted by molar-refractivity contribution is 6.31. The van der Waals surface area contributed by atoms with Crippen molar-refractivity contribution < 1.29 is 19.4 Å². The highest BCUT2D eigenvalue weighted by atomic mass is 35.5. The van der Waals surface area contributed by atoms with Gasteiger partial charge in [-0.2, -0.15) is 9.97 Å². The summed E-state index contributed by atoms with van der Waals surface area (Å²) in [6.07, 6.45) is 9.17. The van der Waals surface area contributed by atoms with Crippen molar-refractivity contribution in [3.8, 4) is 6.01 Å². The zero-order valence-electron chi connectivity index (χ0n) is 28.1. The van der Waals surface area contributed by atoms with Gasteiger partial charge in [0, 0.05) is 41.9 Å². The minimum Gasteiger partial charge on any atom is -0.461 e. The Labute approximate surface area is 283 Å². The molecule has 254 valence electrons. The Morgan fingerprint density at radius 2 is 1.83 bits per heavy atom. The number of carbonyl (C=O) groups is 1. The summed E-state index contributed by atoms with van der Waals surface area (Å²) in [5, 5.41) is 10.9. The number of halogens is 1. The first-order valence-corrected chi connectivity index (χ1v) is 18.2. The van der Waals surface area contributed by atoms with Gasteiger partial charge in [0.05, 0.1) is 36.5 Å². The number of amides is 1. The van der Waals surface area contributed by atoms with Gasteiger partial charge in [0.25, 0.3) is 0 Å². The average molecular weight is 665 g/mol. The van der Waals surface area contributed by atoms with Gasteiger partial charge in [0.1, 0.15) is 18.0 Å². The number of ether oxygens (including phenoxy) is 2. The Bertz CT molecular complexity index is 1520. The van der Waals surface area contributed by atoms with Crippen LogP contribution in [0.4, 0.5) is 16.3 Å². The molecule has 47 heavy (non-hydrogen) atoms. The topological polar surface area (TPSA) is 94.5 Å². The molecule has 0 unspecified atom stereocenters. The zero-order chi connectivity index (χ0) is 32.5. The quantitative estimate of drug-likeness (QED) is 0.410. The summed E-state index contributed by atoms with van der Waals surface area (Å²) in [6, 6.07) is 7.12. The summed E-state index contributed by atoms with van der Waals surface area (Å²) < 4.78 is 12.4. The van der Waals surface area contributed by atoms with Gasteiger partial charge >= 0.3 is 12.1 Å². The number of hydrogen-bond donors (Lipinski definition) is 1. The van der Waals surface area contributed by atoms with Gasteiger partial charge in [-0.1, -0.05) is 17.7 Å². The highest BCUT2D eigenvalue weighted by Gasteiger charge is 2.50. The number of rotatable bonds is 7. The van der Waals surface area contributed by atoms with E-state index in [2.05, 4.69) is 26.8 Å².